The van der Waals surface area contributed by atoms with E-state index in [2.05, 4.69) is 5.32 Å². The van der Waals surface area contributed by atoms with Crippen molar-refractivity contribution < 1.29 is 18.0 Å². The second kappa shape index (κ2) is 12.5. The van der Waals surface area contributed by atoms with Crippen LogP contribution in [0.2, 0.25) is 0 Å². The molecule has 0 bridgehead atoms. The molecule has 0 fully saturated rings. The van der Waals surface area contributed by atoms with Crippen molar-refractivity contribution in [3.63, 3.8) is 0 Å². The Balaban J connectivity index is 2.02. The van der Waals surface area contributed by atoms with Gasteiger partial charge in [0.25, 0.3) is 10.0 Å². The quantitative estimate of drug-likeness (QED) is 0.404. The molecule has 196 valence electrons. The van der Waals surface area contributed by atoms with Gasteiger partial charge in [-0.25, -0.2) is 8.42 Å². The predicted octanol–water partition coefficient (Wildman–Crippen LogP) is 4.44. The molecule has 0 heterocycles. The lowest BCUT2D eigenvalue weighted by molar-refractivity contribution is -0.139. The summed E-state index contributed by atoms with van der Waals surface area (Å²) < 4.78 is 28.7. The van der Waals surface area contributed by atoms with Crippen LogP contribution in [-0.4, -0.2) is 44.3 Å². The Morgan fingerprint density at radius 3 is 2.24 bits per heavy atom. The van der Waals surface area contributed by atoms with Gasteiger partial charge in [0.05, 0.1) is 10.6 Å². The van der Waals surface area contributed by atoms with Crippen molar-refractivity contribution >= 4 is 27.5 Å². The zero-order chi connectivity index (χ0) is 27.0. The van der Waals surface area contributed by atoms with Crippen molar-refractivity contribution in [2.24, 2.45) is 0 Å². The van der Waals surface area contributed by atoms with E-state index < -0.39 is 28.5 Å². The Morgan fingerprint density at radius 1 is 0.919 bits per heavy atom. The number of nitrogens with zero attached hydrogens (tertiary/aromatic N) is 2. The fourth-order valence-electron chi connectivity index (χ4n) is 4.06. The molecule has 3 aromatic rings. The van der Waals surface area contributed by atoms with E-state index in [0.29, 0.717) is 17.8 Å². The fraction of sp³-hybridized carbons (Fsp3) is 0.310. The molecule has 0 aliphatic rings. The molecule has 0 aliphatic carbocycles. The number of rotatable bonds is 11. The van der Waals surface area contributed by atoms with Gasteiger partial charge >= 0.3 is 0 Å². The number of para-hydroxylation sites is 1. The van der Waals surface area contributed by atoms with Gasteiger partial charge < -0.3 is 10.2 Å². The highest BCUT2D eigenvalue weighted by atomic mass is 32.2. The van der Waals surface area contributed by atoms with Gasteiger partial charge in [-0.2, -0.15) is 0 Å². The summed E-state index contributed by atoms with van der Waals surface area (Å²) in [6, 6.07) is 22.0. The first-order chi connectivity index (χ1) is 17.6. The summed E-state index contributed by atoms with van der Waals surface area (Å²) in [5.74, 6) is -0.750. The minimum Gasteiger partial charge on any atom is -0.354 e. The summed E-state index contributed by atoms with van der Waals surface area (Å²) in [4.78, 5) is 28.3. The lowest BCUT2D eigenvalue weighted by atomic mass is 10.1. The molecule has 1 N–H and O–H groups in total. The van der Waals surface area contributed by atoms with Crippen LogP contribution in [-0.2, 0) is 26.2 Å². The molecule has 7 nitrogen and oxygen atoms in total. The second-order valence-electron chi connectivity index (χ2n) is 9.09. The smallest absolute Gasteiger partial charge is 0.264 e. The summed E-state index contributed by atoms with van der Waals surface area (Å²) >= 11 is 0. The van der Waals surface area contributed by atoms with Gasteiger partial charge in [0.2, 0.25) is 11.8 Å². The number of anilines is 1. The lowest BCUT2D eigenvalue weighted by Crippen LogP contribution is -2.51. The standard InChI is InChI=1S/C29H35N3O4S/c1-5-18-30-29(34)24(4)31(20-25-14-11-12-22(2)19-25)28(33)21-32(27-17-10-9-13-23(27)3)37(35,36)26-15-7-6-8-16-26/h6-17,19,24H,5,18,20-21H2,1-4H3,(H,30,34). The molecule has 0 aromatic heterocycles. The number of carbonyl (C=O) groups excluding carboxylic acids is 2. The number of benzene rings is 3. The molecule has 0 radical (unpaired) electrons. The highest BCUT2D eigenvalue weighted by Gasteiger charge is 2.32. The molecule has 0 aliphatic heterocycles. The third-order valence-electron chi connectivity index (χ3n) is 6.15. The highest BCUT2D eigenvalue weighted by molar-refractivity contribution is 7.92. The van der Waals surface area contributed by atoms with E-state index in [1.807, 2.05) is 44.2 Å². The third kappa shape index (κ3) is 6.98. The molecule has 0 saturated carbocycles. The van der Waals surface area contributed by atoms with Gasteiger partial charge in [0.15, 0.2) is 0 Å². The van der Waals surface area contributed by atoms with Crippen LogP contribution in [0, 0.1) is 13.8 Å². The molecular weight excluding hydrogens is 486 g/mol. The van der Waals surface area contributed by atoms with Crippen molar-refractivity contribution in [1.82, 2.24) is 10.2 Å². The first kappa shape index (κ1) is 27.9. The first-order valence-electron chi connectivity index (χ1n) is 12.4. The fourth-order valence-corrected chi connectivity index (χ4v) is 5.56. The van der Waals surface area contributed by atoms with Crippen LogP contribution in [0.25, 0.3) is 0 Å². The van der Waals surface area contributed by atoms with Crippen LogP contribution in [0.15, 0.2) is 83.8 Å². The number of carbonyl (C=O) groups is 2. The maximum atomic E-state index is 13.9. The number of aryl methyl sites for hydroxylation is 2. The van der Waals surface area contributed by atoms with E-state index in [0.717, 1.165) is 21.9 Å². The Labute approximate surface area is 220 Å². The van der Waals surface area contributed by atoms with Gasteiger partial charge in [-0.1, -0.05) is 73.2 Å². The van der Waals surface area contributed by atoms with Crippen molar-refractivity contribution in [2.75, 3.05) is 17.4 Å². The van der Waals surface area contributed by atoms with Crippen LogP contribution in [0.5, 0.6) is 0 Å². The Kier molecular flexibility index (Phi) is 9.47. The van der Waals surface area contributed by atoms with Crippen molar-refractivity contribution in [3.8, 4) is 0 Å². The summed E-state index contributed by atoms with van der Waals surface area (Å²) in [6.45, 7) is 7.61. The summed E-state index contributed by atoms with van der Waals surface area (Å²) in [5.41, 5.74) is 3.02. The third-order valence-corrected chi connectivity index (χ3v) is 7.92. The van der Waals surface area contributed by atoms with E-state index in [1.54, 1.807) is 50.2 Å². The maximum Gasteiger partial charge on any atom is 0.264 e. The van der Waals surface area contributed by atoms with E-state index in [-0.39, 0.29) is 17.3 Å². The molecule has 0 spiro atoms. The summed E-state index contributed by atoms with van der Waals surface area (Å²) in [6.07, 6.45) is 0.765. The number of hydrogen-bond acceptors (Lipinski definition) is 4. The summed E-state index contributed by atoms with van der Waals surface area (Å²) in [7, 11) is -4.06. The SMILES string of the molecule is CCCNC(=O)C(C)N(Cc1cccc(C)c1)C(=O)CN(c1ccccc1C)S(=O)(=O)c1ccccc1. The normalized spacial score (nSPS) is 12.0. The van der Waals surface area contributed by atoms with Crippen LogP contribution in [0.1, 0.15) is 37.0 Å². The first-order valence-corrected chi connectivity index (χ1v) is 13.8. The lowest BCUT2D eigenvalue weighted by Gasteiger charge is -2.32. The van der Waals surface area contributed by atoms with Crippen molar-refractivity contribution in [3.05, 3.63) is 95.6 Å². The van der Waals surface area contributed by atoms with Gasteiger partial charge in [0.1, 0.15) is 12.6 Å². The zero-order valence-electron chi connectivity index (χ0n) is 21.8. The van der Waals surface area contributed by atoms with Gasteiger partial charge in [-0.3, -0.25) is 13.9 Å². The minimum atomic E-state index is -4.06. The average molecular weight is 522 g/mol. The van der Waals surface area contributed by atoms with E-state index in [1.165, 1.54) is 17.0 Å². The van der Waals surface area contributed by atoms with Crippen molar-refractivity contribution in [2.45, 2.75) is 51.6 Å². The van der Waals surface area contributed by atoms with Gasteiger partial charge in [-0.15, -0.1) is 0 Å². The van der Waals surface area contributed by atoms with E-state index in [9.17, 15) is 18.0 Å². The molecule has 8 heteroatoms. The molecule has 0 saturated heterocycles. The molecule has 2 amide bonds. The van der Waals surface area contributed by atoms with Crippen LogP contribution in [0.3, 0.4) is 0 Å². The van der Waals surface area contributed by atoms with Crippen LogP contribution in [0.4, 0.5) is 5.69 Å². The monoisotopic (exact) mass is 521 g/mol. The Hall–Kier alpha value is -3.65. The van der Waals surface area contributed by atoms with Crippen molar-refractivity contribution in [1.29, 1.82) is 0 Å². The maximum absolute atomic E-state index is 13.9. The zero-order valence-corrected chi connectivity index (χ0v) is 22.7. The highest BCUT2D eigenvalue weighted by Crippen LogP contribution is 2.27. The number of hydrogen-bond donors (Lipinski definition) is 1. The average Bonchev–Trinajstić information content (AvgIpc) is 2.89. The molecular formula is C29H35N3O4S. The number of nitrogens with one attached hydrogen (secondary N) is 1. The molecule has 37 heavy (non-hydrogen) atoms. The summed E-state index contributed by atoms with van der Waals surface area (Å²) in [5, 5.41) is 2.85. The van der Waals surface area contributed by atoms with Crippen LogP contribution >= 0.6 is 0 Å². The Morgan fingerprint density at radius 2 is 1.59 bits per heavy atom. The molecule has 3 rings (SSSR count). The topological polar surface area (TPSA) is 86.8 Å². The predicted molar refractivity (Wildman–Crippen MR) is 147 cm³/mol. The second-order valence-corrected chi connectivity index (χ2v) is 11.0. The van der Waals surface area contributed by atoms with Gasteiger partial charge in [-0.05, 0) is 56.5 Å². The van der Waals surface area contributed by atoms with Gasteiger partial charge in [0, 0.05) is 13.1 Å². The number of sulfonamides is 1. The van der Waals surface area contributed by atoms with E-state index in [4.69, 9.17) is 0 Å². The van der Waals surface area contributed by atoms with Crippen LogP contribution < -0.4 is 9.62 Å². The Bertz CT molecular complexity index is 1330. The molecule has 1 unspecified atom stereocenters. The minimum absolute atomic E-state index is 0.0880. The van der Waals surface area contributed by atoms with E-state index >= 15 is 0 Å². The molecule has 3 aromatic carbocycles. The largest absolute Gasteiger partial charge is 0.354 e. The molecule has 1 atom stereocenters. The number of amides is 2.